The molecule has 2 amide bonds. The number of aromatic nitrogens is 1. The van der Waals surface area contributed by atoms with Crippen LogP contribution in [-0.2, 0) is 9.59 Å². The van der Waals surface area contributed by atoms with Crippen LogP contribution in [0.1, 0.15) is 30.2 Å². The Kier molecular flexibility index (Phi) is 5.48. The van der Waals surface area contributed by atoms with Crippen LogP contribution in [0.4, 0.5) is 5.69 Å². The molecule has 30 heavy (non-hydrogen) atoms. The van der Waals surface area contributed by atoms with Crippen molar-refractivity contribution in [1.29, 1.82) is 0 Å². The lowest BCUT2D eigenvalue weighted by Gasteiger charge is -2.33. The van der Waals surface area contributed by atoms with Crippen LogP contribution in [0.2, 0.25) is 0 Å². The molecule has 1 aromatic heterocycles. The van der Waals surface area contributed by atoms with Crippen LogP contribution in [0.15, 0.2) is 53.4 Å². The Hall–Kier alpha value is -2.38. The molecule has 1 atom stereocenters. The predicted octanol–water partition coefficient (Wildman–Crippen LogP) is 4.53. The third-order valence-electron chi connectivity index (χ3n) is 5.79. The van der Waals surface area contributed by atoms with E-state index in [4.69, 9.17) is 4.98 Å². The summed E-state index contributed by atoms with van der Waals surface area (Å²) in [5, 5.41) is 1.13. The zero-order chi connectivity index (χ0) is 20.5. The Morgan fingerprint density at radius 2 is 1.97 bits per heavy atom. The molecule has 1 fully saturated rings. The average molecular weight is 438 g/mol. The van der Waals surface area contributed by atoms with E-state index in [9.17, 15) is 9.59 Å². The maximum Gasteiger partial charge on any atom is 0.237 e. The number of carbonyl (C=O) groups is 2. The highest BCUT2D eigenvalue weighted by Crippen LogP contribution is 2.35. The van der Waals surface area contributed by atoms with Crippen molar-refractivity contribution in [2.75, 3.05) is 30.3 Å². The number of piperidine rings is 1. The summed E-state index contributed by atoms with van der Waals surface area (Å²) in [5.74, 6) is 0.949. The fraction of sp³-hybridized carbons (Fsp3) is 0.348. The number of thiazole rings is 1. The molecule has 2 aromatic carbocycles. The largest absolute Gasteiger partial charge is 0.342 e. The van der Waals surface area contributed by atoms with Crippen molar-refractivity contribution in [3.05, 3.63) is 53.5 Å². The smallest absolute Gasteiger partial charge is 0.237 e. The standard InChI is InChI=1S/C23H23N3O2S2/c27-21(11-13-26-18-8-2-4-10-20(18)29-15-22(26)28)25-12-5-6-16(14-25)23-24-17-7-1-3-9-19(17)30-23/h1-4,7-10,16H,5-6,11-15H2/t16-/m0/s1. The first kappa shape index (κ1) is 19.6. The minimum atomic E-state index is 0.0810. The summed E-state index contributed by atoms with van der Waals surface area (Å²) in [6, 6.07) is 16.1. The highest BCUT2D eigenvalue weighted by Gasteiger charge is 2.29. The second kappa shape index (κ2) is 8.40. The predicted molar refractivity (Wildman–Crippen MR) is 122 cm³/mol. The van der Waals surface area contributed by atoms with E-state index >= 15 is 0 Å². The lowest BCUT2D eigenvalue weighted by atomic mass is 9.98. The zero-order valence-corrected chi connectivity index (χ0v) is 18.3. The van der Waals surface area contributed by atoms with E-state index in [2.05, 4.69) is 6.07 Å². The number of hydrogen-bond acceptors (Lipinski definition) is 5. The lowest BCUT2D eigenvalue weighted by molar-refractivity contribution is -0.132. The molecule has 0 N–H and O–H groups in total. The molecule has 0 aliphatic carbocycles. The van der Waals surface area contributed by atoms with Gasteiger partial charge in [0.15, 0.2) is 0 Å². The van der Waals surface area contributed by atoms with Gasteiger partial charge in [0.25, 0.3) is 0 Å². The number of hydrogen-bond donors (Lipinski definition) is 0. The number of rotatable bonds is 4. The fourth-order valence-corrected chi connectivity index (χ4v) is 6.26. The van der Waals surface area contributed by atoms with Gasteiger partial charge >= 0.3 is 0 Å². The molecule has 2 aliphatic heterocycles. The summed E-state index contributed by atoms with van der Waals surface area (Å²) in [7, 11) is 0. The van der Waals surface area contributed by atoms with Gasteiger partial charge in [0, 0.05) is 36.9 Å². The number of benzene rings is 2. The van der Waals surface area contributed by atoms with Crippen molar-refractivity contribution in [3.8, 4) is 0 Å². The van der Waals surface area contributed by atoms with Crippen LogP contribution in [0.25, 0.3) is 10.2 Å². The summed E-state index contributed by atoms with van der Waals surface area (Å²) in [5.41, 5.74) is 1.97. The molecular formula is C23H23N3O2S2. The van der Waals surface area contributed by atoms with Crippen molar-refractivity contribution < 1.29 is 9.59 Å². The molecule has 2 aliphatic rings. The van der Waals surface area contributed by atoms with Crippen molar-refractivity contribution in [1.82, 2.24) is 9.88 Å². The monoisotopic (exact) mass is 437 g/mol. The number of likely N-dealkylation sites (tertiary alicyclic amines) is 1. The van der Waals surface area contributed by atoms with Crippen molar-refractivity contribution in [2.24, 2.45) is 0 Å². The average Bonchev–Trinajstić information content (AvgIpc) is 3.23. The summed E-state index contributed by atoms with van der Waals surface area (Å²) in [6.07, 6.45) is 2.42. The number of para-hydroxylation sites is 2. The Balaban J connectivity index is 1.25. The van der Waals surface area contributed by atoms with Crippen LogP contribution < -0.4 is 4.90 Å². The van der Waals surface area contributed by atoms with E-state index < -0.39 is 0 Å². The second-order valence-corrected chi connectivity index (χ2v) is 9.83. The molecule has 5 rings (SSSR count). The highest BCUT2D eigenvalue weighted by atomic mass is 32.2. The molecule has 0 bridgehead atoms. The SMILES string of the molecule is O=C(CCN1C(=O)CSc2ccccc21)N1CCC[C@H](c2nc3ccccc3s2)C1. The first-order valence-electron chi connectivity index (χ1n) is 10.3. The maximum atomic E-state index is 13.0. The van der Waals surface area contributed by atoms with Gasteiger partial charge in [-0.25, -0.2) is 4.98 Å². The van der Waals surface area contributed by atoms with Crippen molar-refractivity contribution in [3.63, 3.8) is 0 Å². The molecule has 5 nitrogen and oxygen atoms in total. The lowest BCUT2D eigenvalue weighted by Crippen LogP contribution is -2.42. The first-order valence-corrected chi connectivity index (χ1v) is 12.1. The van der Waals surface area contributed by atoms with Gasteiger partial charge in [0.05, 0.1) is 26.7 Å². The van der Waals surface area contributed by atoms with Gasteiger partial charge in [-0.05, 0) is 37.1 Å². The van der Waals surface area contributed by atoms with Gasteiger partial charge in [-0.1, -0.05) is 24.3 Å². The summed E-state index contributed by atoms with van der Waals surface area (Å²) < 4.78 is 1.20. The van der Waals surface area contributed by atoms with Gasteiger partial charge in [-0.2, -0.15) is 0 Å². The Labute approximate surface area is 184 Å². The van der Waals surface area contributed by atoms with Crippen LogP contribution in [0, 0.1) is 0 Å². The molecule has 3 aromatic rings. The number of thioether (sulfide) groups is 1. The van der Waals surface area contributed by atoms with E-state index in [0.29, 0.717) is 24.6 Å². The number of amides is 2. The van der Waals surface area contributed by atoms with Gasteiger partial charge < -0.3 is 9.80 Å². The Morgan fingerprint density at radius 3 is 2.87 bits per heavy atom. The second-order valence-electron chi connectivity index (χ2n) is 7.75. The van der Waals surface area contributed by atoms with Crippen molar-refractivity contribution in [2.45, 2.75) is 30.1 Å². The van der Waals surface area contributed by atoms with E-state index in [1.807, 2.05) is 47.4 Å². The van der Waals surface area contributed by atoms with Crippen LogP contribution >= 0.6 is 23.1 Å². The molecule has 0 saturated carbocycles. The molecule has 0 radical (unpaired) electrons. The van der Waals surface area contributed by atoms with Crippen molar-refractivity contribution >= 4 is 50.8 Å². The van der Waals surface area contributed by atoms with Gasteiger partial charge in [-0.3, -0.25) is 9.59 Å². The summed E-state index contributed by atoms with van der Waals surface area (Å²) >= 11 is 3.31. The third-order valence-corrected chi connectivity index (χ3v) is 8.04. The molecule has 7 heteroatoms. The minimum absolute atomic E-state index is 0.0810. The number of anilines is 1. The molecule has 1 saturated heterocycles. The quantitative estimate of drug-likeness (QED) is 0.602. The maximum absolute atomic E-state index is 13.0. The third kappa shape index (κ3) is 3.84. The summed E-state index contributed by atoms with van der Waals surface area (Å²) in [6.45, 7) is 1.96. The molecule has 0 unspecified atom stereocenters. The number of fused-ring (bicyclic) bond motifs is 2. The molecular weight excluding hydrogens is 414 g/mol. The van der Waals surface area contributed by atoms with E-state index in [1.54, 1.807) is 28.0 Å². The molecule has 3 heterocycles. The normalized spacial score (nSPS) is 19.2. The number of nitrogens with zero attached hydrogens (tertiary/aromatic N) is 3. The zero-order valence-electron chi connectivity index (χ0n) is 16.6. The number of carbonyl (C=O) groups excluding carboxylic acids is 2. The highest BCUT2D eigenvalue weighted by molar-refractivity contribution is 8.00. The Morgan fingerprint density at radius 1 is 1.13 bits per heavy atom. The Bertz CT molecular complexity index is 1060. The van der Waals surface area contributed by atoms with E-state index in [-0.39, 0.29) is 11.8 Å². The van der Waals surface area contributed by atoms with Crippen LogP contribution in [-0.4, -0.2) is 47.1 Å². The fourth-order valence-electron chi connectivity index (χ4n) is 4.23. The topological polar surface area (TPSA) is 53.5 Å². The molecule has 154 valence electrons. The van der Waals surface area contributed by atoms with Gasteiger partial charge in [0.2, 0.25) is 11.8 Å². The van der Waals surface area contributed by atoms with Crippen LogP contribution in [0.3, 0.4) is 0 Å². The summed E-state index contributed by atoms with van der Waals surface area (Å²) in [4.78, 5) is 35.1. The van der Waals surface area contributed by atoms with E-state index in [1.165, 1.54) is 4.70 Å². The minimum Gasteiger partial charge on any atom is -0.342 e. The van der Waals surface area contributed by atoms with Gasteiger partial charge in [-0.15, -0.1) is 23.1 Å². The molecule has 0 spiro atoms. The van der Waals surface area contributed by atoms with Gasteiger partial charge in [0.1, 0.15) is 0 Å². The van der Waals surface area contributed by atoms with Crippen LogP contribution in [0.5, 0.6) is 0 Å². The van der Waals surface area contributed by atoms with E-state index in [0.717, 1.165) is 47.0 Å². The first-order chi connectivity index (χ1) is 14.7.